The zero-order valence-corrected chi connectivity index (χ0v) is 19.4. The summed E-state index contributed by atoms with van der Waals surface area (Å²) in [5.74, 6) is -0.0587. The van der Waals surface area contributed by atoms with Crippen molar-refractivity contribution in [2.45, 2.75) is 32.8 Å². The smallest absolute Gasteiger partial charge is 0.410 e. The van der Waals surface area contributed by atoms with E-state index in [9.17, 15) is 9.59 Å². The van der Waals surface area contributed by atoms with Crippen LogP contribution < -0.4 is 5.32 Å². The Bertz CT molecular complexity index is 1230. The molecule has 0 atom stereocenters. The highest BCUT2D eigenvalue weighted by molar-refractivity contribution is 6.10. The Hall–Kier alpha value is -3.74. The molecule has 7 heteroatoms. The number of nitrogens with zero attached hydrogens (tertiary/aromatic N) is 3. The molecule has 0 spiro atoms. The summed E-state index contributed by atoms with van der Waals surface area (Å²) in [6.07, 6.45) is 4.08. The van der Waals surface area contributed by atoms with E-state index in [1.165, 1.54) is 0 Å². The number of carbonyl (C=O) groups is 2. The standard InChI is InChI=1S/C26H28N4O3/c1-26(2,3)33-25(32)30-13-11-17(12-14-30)23-16-28-21-10-7-19(15-22(21)29-23)24(31)18-5-8-20(27-4)9-6-18/h5-11,15-16,27H,12-14H2,1-4H3. The third-order valence-corrected chi connectivity index (χ3v) is 5.43. The number of ether oxygens (including phenoxy) is 1. The first kappa shape index (κ1) is 22.5. The normalized spacial score (nSPS) is 14.1. The predicted octanol–water partition coefficient (Wildman–Crippen LogP) is 4.93. The Kier molecular flexibility index (Phi) is 6.14. The van der Waals surface area contributed by atoms with Gasteiger partial charge in [-0.05, 0) is 75.2 Å². The van der Waals surface area contributed by atoms with Crippen LogP contribution in [-0.2, 0) is 4.74 Å². The molecule has 0 unspecified atom stereocenters. The Labute approximate surface area is 193 Å². The van der Waals surface area contributed by atoms with Gasteiger partial charge in [0.05, 0.1) is 22.9 Å². The molecular formula is C26H28N4O3. The lowest BCUT2D eigenvalue weighted by molar-refractivity contribution is 0.0270. The van der Waals surface area contributed by atoms with Crippen LogP contribution in [0.2, 0.25) is 0 Å². The van der Waals surface area contributed by atoms with Gasteiger partial charge in [-0.3, -0.25) is 9.78 Å². The molecule has 7 nitrogen and oxygen atoms in total. The van der Waals surface area contributed by atoms with E-state index in [0.717, 1.165) is 22.5 Å². The lowest BCUT2D eigenvalue weighted by Crippen LogP contribution is -2.39. The lowest BCUT2D eigenvalue weighted by Gasteiger charge is -2.29. The molecule has 0 radical (unpaired) electrons. The monoisotopic (exact) mass is 444 g/mol. The first-order chi connectivity index (χ1) is 15.7. The van der Waals surface area contributed by atoms with Gasteiger partial charge in [-0.1, -0.05) is 6.08 Å². The van der Waals surface area contributed by atoms with Gasteiger partial charge in [0.2, 0.25) is 0 Å². The maximum absolute atomic E-state index is 12.9. The van der Waals surface area contributed by atoms with Crippen molar-refractivity contribution in [1.29, 1.82) is 0 Å². The number of nitrogens with one attached hydrogen (secondary N) is 1. The fraction of sp³-hybridized carbons (Fsp3) is 0.308. The van der Waals surface area contributed by atoms with Crippen LogP contribution in [0.15, 0.2) is 54.7 Å². The molecule has 4 rings (SSSR count). The first-order valence-electron chi connectivity index (χ1n) is 11.0. The third kappa shape index (κ3) is 5.19. The predicted molar refractivity (Wildman–Crippen MR) is 129 cm³/mol. The van der Waals surface area contributed by atoms with Gasteiger partial charge >= 0.3 is 6.09 Å². The Morgan fingerprint density at radius 2 is 1.76 bits per heavy atom. The number of fused-ring (bicyclic) bond motifs is 1. The zero-order chi connectivity index (χ0) is 23.6. The van der Waals surface area contributed by atoms with Gasteiger partial charge in [-0.25, -0.2) is 9.78 Å². The summed E-state index contributed by atoms with van der Waals surface area (Å²) < 4.78 is 5.46. The number of carbonyl (C=O) groups excluding carboxylic acids is 2. The molecule has 0 saturated carbocycles. The van der Waals surface area contributed by atoms with Crippen molar-refractivity contribution < 1.29 is 14.3 Å². The molecule has 0 aliphatic carbocycles. The van der Waals surface area contributed by atoms with Crippen molar-refractivity contribution in [2.75, 3.05) is 25.5 Å². The summed E-state index contributed by atoms with van der Waals surface area (Å²) in [6.45, 7) is 6.60. The van der Waals surface area contributed by atoms with Crippen LogP contribution in [0.3, 0.4) is 0 Å². The third-order valence-electron chi connectivity index (χ3n) is 5.43. The minimum absolute atomic E-state index is 0.0587. The van der Waals surface area contributed by atoms with E-state index in [1.807, 2.05) is 64.2 Å². The van der Waals surface area contributed by atoms with Gasteiger partial charge in [0.1, 0.15) is 5.60 Å². The van der Waals surface area contributed by atoms with E-state index in [4.69, 9.17) is 9.72 Å². The number of aromatic nitrogens is 2. The summed E-state index contributed by atoms with van der Waals surface area (Å²) in [5, 5.41) is 3.05. The molecule has 3 aromatic rings. The molecule has 0 fully saturated rings. The SMILES string of the molecule is CNc1ccc(C(=O)c2ccc3ncc(C4=CCN(C(=O)OC(C)(C)C)CC4)nc3c2)cc1. The average Bonchev–Trinajstić information content (AvgIpc) is 2.82. The molecule has 1 aliphatic rings. The van der Waals surface area contributed by atoms with Crippen molar-refractivity contribution in [3.8, 4) is 0 Å². The lowest BCUT2D eigenvalue weighted by atomic mass is 10.0. The van der Waals surface area contributed by atoms with Gasteiger partial charge in [-0.2, -0.15) is 0 Å². The molecular weight excluding hydrogens is 416 g/mol. The fourth-order valence-corrected chi connectivity index (χ4v) is 3.66. The van der Waals surface area contributed by atoms with Crippen LogP contribution in [0.1, 0.15) is 48.8 Å². The molecule has 2 heterocycles. The number of benzene rings is 2. The molecule has 0 saturated heterocycles. The maximum atomic E-state index is 12.9. The highest BCUT2D eigenvalue weighted by Crippen LogP contribution is 2.24. The molecule has 1 amide bonds. The van der Waals surface area contributed by atoms with Crippen molar-refractivity contribution >= 4 is 34.2 Å². The van der Waals surface area contributed by atoms with Gasteiger partial charge in [-0.15, -0.1) is 0 Å². The summed E-state index contributed by atoms with van der Waals surface area (Å²) in [6, 6.07) is 12.8. The first-order valence-corrected chi connectivity index (χ1v) is 11.0. The molecule has 1 N–H and O–H groups in total. The van der Waals surface area contributed by atoms with Crippen molar-refractivity contribution in [1.82, 2.24) is 14.9 Å². The number of hydrogen-bond acceptors (Lipinski definition) is 6. The number of amides is 1. The van der Waals surface area contributed by atoms with E-state index in [1.54, 1.807) is 23.2 Å². The second-order valence-electron chi connectivity index (χ2n) is 9.02. The molecule has 1 aromatic heterocycles. The molecule has 170 valence electrons. The largest absolute Gasteiger partial charge is 0.444 e. The van der Waals surface area contributed by atoms with Crippen LogP contribution >= 0.6 is 0 Å². The summed E-state index contributed by atoms with van der Waals surface area (Å²) in [7, 11) is 1.84. The van der Waals surface area contributed by atoms with Crippen LogP contribution in [0.5, 0.6) is 0 Å². The van der Waals surface area contributed by atoms with Gasteiger partial charge in [0.15, 0.2) is 5.78 Å². The fourth-order valence-electron chi connectivity index (χ4n) is 3.66. The quantitative estimate of drug-likeness (QED) is 0.575. The highest BCUT2D eigenvalue weighted by Gasteiger charge is 2.24. The van der Waals surface area contributed by atoms with Gasteiger partial charge < -0.3 is 15.0 Å². The average molecular weight is 445 g/mol. The minimum atomic E-state index is -0.519. The molecule has 2 aromatic carbocycles. The van der Waals surface area contributed by atoms with E-state index in [0.29, 0.717) is 36.2 Å². The topological polar surface area (TPSA) is 84.4 Å². The highest BCUT2D eigenvalue weighted by atomic mass is 16.6. The Balaban J connectivity index is 1.54. The van der Waals surface area contributed by atoms with Gasteiger partial charge in [0.25, 0.3) is 0 Å². The Morgan fingerprint density at radius 3 is 2.39 bits per heavy atom. The minimum Gasteiger partial charge on any atom is -0.444 e. The molecule has 33 heavy (non-hydrogen) atoms. The number of ketones is 1. The number of anilines is 1. The van der Waals surface area contributed by atoms with E-state index < -0.39 is 5.60 Å². The molecule has 0 bridgehead atoms. The van der Waals surface area contributed by atoms with Crippen LogP contribution in [0, 0.1) is 0 Å². The van der Waals surface area contributed by atoms with Gasteiger partial charge in [0, 0.05) is 37.0 Å². The van der Waals surface area contributed by atoms with E-state index in [-0.39, 0.29) is 11.9 Å². The van der Waals surface area contributed by atoms with E-state index in [2.05, 4.69) is 10.3 Å². The van der Waals surface area contributed by atoms with Crippen LogP contribution in [-0.4, -0.2) is 52.5 Å². The summed E-state index contributed by atoms with van der Waals surface area (Å²) >= 11 is 0. The number of hydrogen-bond donors (Lipinski definition) is 1. The second-order valence-corrected chi connectivity index (χ2v) is 9.02. The van der Waals surface area contributed by atoms with Crippen molar-refractivity contribution in [3.05, 3.63) is 71.6 Å². The van der Waals surface area contributed by atoms with Crippen LogP contribution in [0.4, 0.5) is 10.5 Å². The van der Waals surface area contributed by atoms with E-state index >= 15 is 0 Å². The zero-order valence-electron chi connectivity index (χ0n) is 19.4. The van der Waals surface area contributed by atoms with Crippen molar-refractivity contribution in [3.63, 3.8) is 0 Å². The number of rotatable bonds is 4. The summed E-state index contributed by atoms with van der Waals surface area (Å²) in [5.41, 5.74) is 4.81. The second kappa shape index (κ2) is 9.02. The maximum Gasteiger partial charge on any atom is 0.410 e. The van der Waals surface area contributed by atoms with Crippen LogP contribution in [0.25, 0.3) is 16.6 Å². The summed E-state index contributed by atoms with van der Waals surface area (Å²) in [4.78, 5) is 36.2. The molecule has 1 aliphatic heterocycles. The Morgan fingerprint density at radius 1 is 1.03 bits per heavy atom. The van der Waals surface area contributed by atoms with Crippen molar-refractivity contribution in [2.24, 2.45) is 0 Å².